The molecule has 2 unspecified atom stereocenters. The van der Waals surface area contributed by atoms with Crippen LogP contribution in [0.5, 0.6) is 5.75 Å². The number of rotatable bonds is 4. The molecule has 1 heterocycles. The van der Waals surface area contributed by atoms with Crippen LogP contribution in [0.2, 0.25) is 0 Å². The van der Waals surface area contributed by atoms with Crippen LogP contribution in [0.15, 0.2) is 28.7 Å². The zero-order valence-electron chi connectivity index (χ0n) is 9.14. The SMILES string of the molecule is O=C(O)C1CCC(COc2ccc(Br)cc2)O1. The Kier molecular flexibility index (Phi) is 4.02. The summed E-state index contributed by atoms with van der Waals surface area (Å²) in [5.74, 6) is -0.133. The fourth-order valence-corrected chi connectivity index (χ4v) is 1.99. The fourth-order valence-electron chi connectivity index (χ4n) is 1.73. The molecule has 1 N–H and O–H groups in total. The lowest BCUT2D eigenvalue weighted by Gasteiger charge is -2.12. The Morgan fingerprint density at radius 2 is 2.12 bits per heavy atom. The third-order valence-corrected chi connectivity index (χ3v) is 3.16. The molecule has 92 valence electrons. The molecule has 0 aliphatic carbocycles. The maximum atomic E-state index is 10.7. The average molecular weight is 301 g/mol. The van der Waals surface area contributed by atoms with Gasteiger partial charge in [0.2, 0.25) is 0 Å². The van der Waals surface area contributed by atoms with Gasteiger partial charge in [0.25, 0.3) is 0 Å². The highest BCUT2D eigenvalue weighted by Gasteiger charge is 2.30. The number of hydrogen-bond acceptors (Lipinski definition) is 3. The molecule has 0 aromatic heterocycles. The van der Waals surface area contributed by atoms with Crippen molar-refractivity contribution < 1.29 is 19.4 Å². The summed E-state index contributed by atoms with van der Waals surface area (Å²) in [5.41, 5.74) is 0. The summed E-state index contributed by atoms with van der Waals surface area (Å²) in [6, 6.07) is 7.50. The van der Waals surface area contributed by atoms with Crippen molar-refractivity contribution in [1.29, 1.82) is 0 Å². The standard InChI is InChI=1S/C12H13BrO4/c13-8-1-3-9(4-2-8)16-7-10-5-6-11(17-10)12(14)15/h1-4,10-11H,5-7H2,(H,14,15). The number of ether oxygens (including phenoxy) is 2. The number of benzene rings is 1. The van der Waals surface area contributed by atoms with Crippen molar-refractivity contribution in [2.24, 2.45) is 0 Å². The summed E-state index contributed by atoms with van der Waals surface area (Å²) in [5, 5.41) is 8.78. The molecule has 1 aliphatic heterocycles. The lowest BCUT2D eigenvalue weighted by Crippen LogP contribution is -2.23. The largest absolute Gasteiger partial charge is 0.491 e. The Morgan fingerprint density at radius 1 is 1.41 bits per heavy atom. The van der Waals surface area contributed by atoms with Gasteiger partial charge in [0.1, 0.15) is 12.4 Å². The minimum absolute atomic E-state index is 0.125. The molecule has 5 heteroatoms. The van der Waals surface area contributed by atoms with Crippen LogP contribution in [0.1, 0.15) is 12.8 Å². The van der Waals surface area contributed by atoms with Crippen LogP contribution >= 0.6 is 15.9 Å². The Morgan fingerprint density at radius 3 is 2.71 bits per heavy atom. The minimum atomic E-state index is -0.892. The van der Waals surface area contributed by atoms with Crippen LogP contribution in [-0.4, -0.2) is 29.9 Å². The van der Waals surface area contributed by atoms with Crippen molar-refractivity contribution in [3.63, 3.8) is 0 Å². The Balaban J connectivity index is 1.80. The normalized spacial score (nSPS) is 23.6. The summed E-state index contributed by atoms with van der Waals surface area (Å²) in [4.78, 5) is 10.7. The first-order valence-corrected chi connectivity index (χ1v) is 6.21. The zero-order valence-corrected chi connectivity index (χ0v) is 10.7. The van der Waals surface area contributed by atoms with Gasteiger partial charge in [-0.3, -0.25) is 0 Å². The molecule has 0 amide bonds. The van der Waals surface area contributed by atoms with Crippen molar-refractivity contribution in [2.45, 2.75) is 25.0 Å². The van der Waals surface area contributed by atoms with Crippen molar-refractivity contribution in [3.8, 4) is 5.75 Å². The number of carboxylic acid groups (broad SMARTS) is 1. The summed E-state index contributed by atoms with van der Waals surface area (Å²) >= 11 is 3.34. The highest BCUT2D eigenvalue weighted by Crippen LogP contribution is 2.22. The first-order valence-electron chi connectivity index (χ1n) is 5.42. The van der Waals surface area contributed by atoms with Crippen molar-refractivity contribution in [1.82, 2.24) is 0 Å². The van der Waals surface area contributed by atoms with Crippen LogP contribution in [0.25, 0.3) is 0 Å². The number of hydrogen-bond donors (Lipinski definition) is 1. The van der Waals surface area contributed by atoms with Gasteiger partial charge in [-0.1, -0.05) is 15.9 Å². The van der Waals surface area contributed by atoms with Crippen LogP contribution in [-0.2, 0) is 9.53 Å². The summed E-state index contributed by atoms with van der Waals surface area (Å²) in [6.45, 7) is 0.394. The topological polar surface area (TPSA) is 55.8 Å². The predicted molar refractivity (Wildman–Crippen MR) is 65.2 cm³/mol. The van der Waals surface area contributed by atoms with Crippen molar-refractivity contribution in [2.75, 3.05) is 6.61 Å². The third kappa shape index (κ3) is 3.44. The Hall–Kier alpha value is -1.07. The molecule has 0 bridgehead atoms. The zero-order chi connectivity index (χ0) is 12.3. The van der Waals surface area contributed by atoms with Gasteiger partial charge in [0.15, 0.2) is 6.10 Å². The second kappa shape index (κ2) is 5.51. The van der Waals surface area contributed by atoms with E-state index in [0.717, 1.165) is 16.6 Å². The Bertz CT molecular complexity index is 390. The highest BCUT2D eigenvalue weighted by atomic mass is 79.9. The molecule has 17 heavy (non-hydrogen) atoms. The van der Waals surface area contributed by atoms with Gasteiger partial charge >= 0.3 is 5.97 Å². The maximum absolute atomic E-state index is 10.7. The van der Waals surface area contributed by atoms with E-state index in [9.17, 15) is 4.79 Å². The molecule has 0 saturated carbocycles. The molecular weight excluding hydrogens is 288 g/mol. The van der Waals surface area contributed by atoms with E-state index in [2.05, 4.69) is 15.9 Å². The van der Waals surface area contributed by atoms with Crippen molar-refractivity contribution >= 4 is 21.9 Å². The van der Waals surface area contributed by atoms with Gasteiger partial charge in [0, 0.05) is 4.47 Å². The van der Waals surface area contributed by atoms with Crippen LogP contribution in [0.3, 0.4) is 0 Å². The lowest BCUT2D eigenvalue weighted by molar-refractivity contribution is -0.149. The van der Waals surface area contributed by atoms with E-state index in [1.165, 1.54) is 0 Å². The molecular formula is C12H13BrO4. The van der Waals surface area contributed by atoms with E-state index in [1.807, 2.05) is 24.3 Å². The van der Waals surface area contributed by atoms with E-state index in [-0.39, 0.29) is 6.10 Å². The van der Waals surface area contributed by atoms with Gasteiger partial charge in [0.05, 0.1) is 6.10 Å². The van der Waals surface area contributed by atoms with Gasteiger partial charge in [-0.05, 0) is 37.1 Å². The first kappa shape index (κ1) is 12.4. The molecule has 1 aliphatic rings. The van der Waals surface area contributed by atoms with Crippen molar-refractivity contribution in [3.05, 3.63) is 28.7 Å². The molecule has 1 aromatic carbocycles. The smallest absolute Gasteiger partial charge is 0.332 e. The maximum Gasteiger partial charge on any atom is 0.332 e. The molecule has 2 atom stereocenters. The average Bonchev–Trinajstić information content (AvgIpc) is 2.77. The molecule has 1 aromatic rings. The number of halogens is 1. The van der Waals surface area contributed by atoms with Gasteiger partial charge in [-0.25, -0.2) is 4.79 Å². The number of carbonyl (C=O) groups is 1. The molecule has 0 spiro atoms. The monoisotopic (exact) mass is 300 g/mol. The first-order chi connectivity index (χ1) is 8.15. The fraction of sp³-hybridized carbons (Fsp3) is 0.417. The summed E-state index contributed by atoms with van der Waals surface area (Å²) in [6.07, 6.45) is 0.491. The van der Waals surface area contributed by atoms with Gasteiger partial charge < -0.3 is 14.6 Å². The molecule has 2 rings (SSSR count). The summed E-state index contributed by atoms with van der Waals surface area (Å²) < 4.78 is 11.9. The number of aliphatic carboxylic acids is 1. The van der Waals surface area contributed by atoms with Crippen LogP contribution in [0, 0.1) is 0 Å². The molecule has 1 saturated heterocycles. The lowest BCUT2D eigenvalue weighted by atomic mass is 10.2. The van der Waals surface area contributed by atoms with E-state index in [0.29, 0.717) is 13.0 Å². The summed E-state index contributed by atoms with van der Waals surface area (Å²) in [7, 11) is 0. The van der Waals surface area contributed by atoms with Gasteiger partial charge in [-0.15, -0.1) is 0 Å². The second-order valence-corrected chi connectivity index (χ2v) is 4.84. The quantitative estimate of drug-likeness (QED) is 0.928. The van der Waals surface area contributed by atoms with E-state index in [4.69, 9.17) is 14.6 Å². The Labute approximate surface area is 108 Å². The highest BCUT2D eigenvalue weighted by molar-refractivity contribution is 9.10. The minimum Gasteiger partial charge on any atom is -0.491 e. The van der Waals surface area contributed by atoms with Crippen LogP contribution in [0.4, 0.5) is 0 Å². The van der Waals surface area contributed by atoms with E-state index < -0.39 is 12.1 Å². The molecule has 1 fully saturated rings. The van der Waals surface area contributed by atoms with E-state index in [1.54, 1.807) is 0 Å². The second-order valence-electron chi connectivity index (χ2n) is 3.93. The molecule has 0 radical (unpaired) electrons. The van der Waals surface area contributed by atoms with Gasteiger partial charge in [-0.2, -0.15) is 0 Å². The third-order valence-electron chi connectivity index (χ3n) is 2.63. The number of carboxylic acids is 1. The molecule has 4 nitrogen and oxygen atoms in total. The predicted octanol–water partition coefficient (Wildman–Crippen LogP) is 2.46. The van der Waals surface area contributed by atoms with Crippen LogP contribution < -0.4 is 4.74 Å². The van der Waals surface area contributed by atoms with E-state index >= 15 is 0 Å².